The monoisotopic (exact) mass is 643 g/mol. The molecule has 4 aromatic carbocycles. The van der Waals surface area contributed by atoms with Crippen molar-refractivity contribution in [2.45, 2.75) is 22.2 Å². The Morgan fingerprint density at radius 1 is 0.705 bits per heavy atom. The molecule has 2 bridgehead atoms. The van der Waals surface area contributed by atoms with Crippen molar-refractivity contribution in [3.8, 4) is 0 Å². The van der Waals surface area contributed by atoms with E-state index in [1.807, 2.05) is 54.6 Å². The van der Waals surface area contributed by atoms with Gasteiger partial charge in [0, 0.05) is 17.0 Å². The molecule has 3 atom stereocenters. The smallest absolute Gasteiger partial charge is 0.330 e. The molecule has 3 aliphatic carbocycles. The first kappa shape index (κ1) is 28.8. The highest BCUT2D eigenvalue weighted by atomic mass is 35.5. The average molecular weight is 645 g/mol. The Morgan fingerprint density at radius 3 is 1.64 bits per heavy atom. The van der Waals surface area contributed by atoms with Gasteiger partial charge in [-0.05, 0) is 52.1 Å². The molecule has 0 radical (unpaired) electrons. The van der Waals surface area contributed by atoms with Gasteiger partial charge >= 0.3 is 5.97 Å². The number of ether oxygens (including phenoxy) is 1. The van der Waals surface area contributed by atoms with Crippen LogP contribution in [0.5, 0.6) is 0 Å². The lowest BCUT2D eigenvalue weighted by atomic mass is 9.54. The Bertz CT molecular complexity index is 1720. The molecule has 0 saturated carbocycles. The highest BCUT2D eigenvalue weighted by Crippen LogP contribution is 2.69. The molecule has 6 nitrogen and oxygen atoms in total. The molecular formula is C35H24Cl3NO5. The quantitative estimate of drug-likeness (QED) is 0.103. The van der Waals surface area contributed by atoms with Gasteiger partial charge in [-0.15, -0.1) is 23.2 Å². The number of rotatable bonds is 7. The summed E-state index contributed by atoms with van der Waals surface area (Å²) in [6, 6.07) is 28.5. The van der Waals surface area contributed by atoms with Crippen LogP contribution in [0.1, 0.15) is 38.2 Å². The van der Waals surface area contributed by atoms with Crippen molar-refractivity contribution in [3.63, 3.8) is 0 Å². The van der Waals surface area contributed by atoms with Gasteiger partial charge in [-0.2, -0.15) is 0 Å². The van der Waals surface area contributed by atoms with E-state index in [2.05, 4.69) is 0 Å². The van der Waals surface area contributed by atoms with E-state index >= 15 is 0 Å². The summed E-state index contributed by atoms with van der Waals surface area (Å²) in [6.07, 6.45) is -0.0177. The Kier molecular flexibility index (Phi) is 6.92. The summed E-state index contributed by atoms with van der Waals surface area (Å²) in [6.45, 7) is -0.579. The number of likely N-dealkylation sites (tertiary alicyclic amines) is 1. The zero-order chi connectivity index (χ0) is 30.8. The fraction of sp³-hybridized carbons (Fsp3) is 0.200. The average Bonchev–Trinajstić information content (AvgIpc) is 3.32. The second kappa shape index (κ2) is 10.6. The van der Waals surface area contributed by atoms with E-state index in [1.54, 1.807) is 36.4 Å². The molecule has 1 heterocycles. The van der Waals surface area contributed by atoms with E-state index in [4.69, 9.17) is 39.5 Å². The number of nitrogens with zero attached hydrogens (tertiary/aromatic N) is 1. The Hall–Kier alpha value is -3.97. The molecule has 0 unspecified atom stereocenters. The molecule has 1 aliphatic heterocycles. The maximum atomic E-state index is 14.5. The van der Waals surface area contributed by atoms with Crippen LogP contribution in [0.3, 0.4) is 0 Å². The maximum absolute atomic E-state index is 14.5. The van der Waals surface area contributed by atoms with Crippen molar-refractivity contribution in [2.24, 2.45) is 11.8 Å². The lowest BCUT2D eigenvalue weighted by molar-refractivity contribution is -0.158. The largest absolute Gasteiger partial charge is 0.456 e. The van der Waals surface area contributed by atoms with Gasteiger partial charge in [-0.25, -0.2) is 4.79 Å². The molecular weight excluding hydrogens is 621 g/mol. The van der Waals surface area contributed by atoms with Crippen molar-refractivity contribution >= 4 is 58.4 Å². The maximum Gasteiger partial charge on any atom is 0.330 e. The number of halogens is 3. The van der Waals surface area contributed by atoms with Gasteiger partial charge in [0.2, 0.25) is 11.8 Å². The molecule has 0 N–H and O–H groups in total. The van der Waals surface area contributed by atoms with Crippen LogP contribution < -0.4 is 0 Å². The van der Waals surface area contributed by atoms with Crippen molar-refractivity contribution < 1.29 is 23.9 Å². The van der Waals surface area contributed by atoms with E-state index < -0.39 is 57.8 Å². The summed E-state index contributed by atoms with van der Waals surface area (Å²) in [5.41, 5.74) is 3.66. The van der Waals surface area contributed by atoms with Crippen LogP contribution in [-0.4, -0.2) is 41.1 Å². The number of carbonyl (C=O) groups is 4. The third-order valence-electron chi connectivity index (χ3n) is 8.99. The number of hydrogen-bond acceptors (Lipinski definition) is 5. The number of ketones is 1. The van der Waals surface area contributed by atoms with Crippen molar-refractivity contribution in [2.75, 3.05) is 6.61 Å². The predicted molar refractivity (Wildman–Crippen MR) is 166 cm³/mol. The zero-order valence-electron chi connectivity index (χ0n) is 23.1. The van der Waals surface area contributed by atoms with E-state index in [0.29, 0.717) is 38.4 Å². The van der Waals surface area contributed by atoms with Gasteiger partial charge in [-0.3, -0.25) is 19.3 Å². The van der Waals surface area contributed by atoms with Crippen LogP contribution in [0.15, 0.2) is 103 Å². The molecule has 4 aliphatic rings. The van der Waals surface area contributed by atoms with Gasteiger partial charge in [0.15, 0.2) is 12.4 Å². The van der Waals surface area contributed by atoms with E-state index in [-0.39, 0.29) is 6.42 Å². The minimum Gasteiger partial charge on any atom is -0.456 e. The highest BCUT2D eigenvalue weighted by Gasteiger charge is 2.73. The molecule has 0 spiro atoms. The number of benzene rings is 4. The molecule has 9 heteroatoms. The van der Waals surface area contributed by atoms with Gasteiger partial charge in [-0.1, -0.05) is 90.5 Å². The minimum atomic E-state index is -1.39. The third-order valence-corrected chi connectivity index (χ3v) is 10.5. The van der Waals surface area contributed by atoms with Crippen molar-refractivity contribution in [1.82, 2.24) is 4.90 Å². The van der Waals surface area contributed by atoms with Crippen LogP contribution in [0.4, 0.5) is 0 Å². The standard InChI is InChI=1S/C35H24Cl3NO5/c36-22-16-14-21(15-17-22)28(40)19-44-33(43)27(18-20-8-2-1-3-9-20)39-31(41)29-30(32(39)42)35(38)24-11-5-4-10-23(24)34(29,37)25-12-6-7-13-26(25)35/h1-17,27,29-30H,18-19H2/t27-,29-,30+,34?,35?/m0/s1. The lowest BCUT2D eigenvalue weighted by Crippen LogP contribution is -2.57. The summed E-state index contributed by atoms with van der Waals surface area (Å²) < 4.78 is 5.49. The van der Waals surface area contributed by atoms with Gasteiger partial charge in [0.05, 0.1) is 11.8 Å². The molecule has 44 heavy (non-hydrogen) atoms. The first-order valence-electron chi connectivity index (χ1n) is 14.1. The summed E-state index contributed by atoms with van der Waals surface area (Å²) in [4.78, 5) is 53.8. The predicted octanol–water partition coefficient (Wildman–Crippen LogP) is 6.27. The normalized spacial score (nSPS) is 25.2. The fourth-order valence-corrected chi connectivity index (χ4v) is 8.29. The van der Waals surface area contributed by atoms with E-state index in [1.165, 1.54) is 12.1 Å². The Morgan fingerprint density at radius 2 is 1.16 bits per heavy atom. The number of esters is 1. The highest BCUT2D eigenvalue weighted by molar-refractivity contribution is 6.36. The first-order chi connectivity index (χ1) is 21.2. The van der Waals surface area contributed by atoms with Crippen LogP contribution in [0, 0.1) is 11.8 Å². The Labute approximate surface area is 268 Å². The number of alkyl halides is 2. The molecule has 220 valence electrons. The summed E-state index contributed by atoms with van der Waals surface area (Å²) >= 11 is 21.0. The van der Waals surface area contributed by atoms with Crippen molar-refractivity contribution in [1.29, 1.82) is 0 Å². The van der Waals surface area contributed by atoms with Crippen molar-refractivity contribution in [3.05, 3.63) is 142 Å². The molecule has 4 aromatic rings. The third kappa shape index (κ3) is 4.08. The van der Waals surface area contributed by atoms with Gasteiger partial charge < -0.3 is 4.74 Å². The van der Waals surface area contributed by atoms with E-state index in [0.717, 1.165) is 4.90 Å². The molecule has 0 aromatic heterocycles. The number of Topliss-reactive ketones (excluding diaryl/α,β-unsaturated/α-hetero) is 1. The number of carbonyl (C=O) groups excluding carboxylic acids is 4. The zero-order valence-corrected chi connectivity index (χ0v) is 25.4. The Balaban J connectivity index is 1.28. The minimum absolute atomic E-state index is 0.0177. The summed E-state index contributed by atoms with van der Waals surface area (Å²) in [5.74, 6) is -4.69. The van der Waals surface area contributed by atoms with E-state index in [9.17, 15) is 19.2 Å². The van der Waals surface area contributed by atoms with Gasteiger partial charge in [0.25, 0.3) is 0 Å². The number of imide groups is 1. The van der Waals surface area contributed by atoms with Gasteiger partial charge in [0.1, 0.15) is 15.8 Å². The van der Waals surface area contributed by atoms with Crippen LogP contribution >= 0.6 is 34.8 Å². The topological polar surface area (TPSA) is 80.8 Å². The molecule has 1 saturated heterocycles. The van der Waals surface area contributed by atoms with Crippen LogP contribution in [0.2, 0.25) is 5.02 Å². The van der Waals surface area contributed by atoms with Crippen LogP contribution in [-0.2, 0) is 35.3 Å². The molecule has 2 amide bonds. The molecule has 8 rings (SSSR count). The summed E-state index contributed by atoms with van der Waals surface area (Å²) in [5, 5.41) is 0.460. The molecule has 1 fully saturated rings. The second-order valence-corrected chi connectivity index (χ2v) is 12.9. The lowest BCUT2D eigenvalue weighted by Gasteiger charge is -2.54. The number of hydrogen-bond donors (Lipinski definition) is 0. The summed E-state index contributed by atoms with van der Waals surface area (Å²) in [7, 11) is 0. The first-order valence-corrected chi connectivity index (χ1v) is 15.2. The second-order valence-electron chi connectivity index (χ2n) is 11.3. The van der Waals surface area contributed by atoms with Crippen LogP contribution in [0.25, 0.3) is 0 Å². The number of amides is 2. The SMILES string of the molecule is O=C(COC(=O)[C@H](Cc1ccccc1)N1C(=O)[C@@H]2[C@H](C1=O)C1(Cl)c3ccccc3C2(Cl)c2ccccc21)c1ccc(Cl)cc1. The fourth-order valence-electron chi connectivity index (χ4n) is 7.07.